The zero-order valence-corrected chi connectivity index (χ0v) is 19.2. The van der Waals surface area contributed by atoms with Crippen LogP contribution < -0.4 is 25.5 Å². The molecule has 10 heteroatoms. The van der Waals surface area contributed by atoms with Gasteiger partial charge < -0.3 is 23.7 Å². The molecule has 0 spiro atoms. The number of fused-ring (bicyclic) bond motifs is 2. The molecule has 0 fully saturated rings. The van der Waals surface area contributed by atoms with Crippen LogP contribution >= 0.6 is 0 Å². The normalized spacial score (nSPS) is 12.2. The standard InChI is InChI=1S/C26H20N4O6/c1-2-33-18-7-4-16(5-8-18)23-28-24(36-29-23)17-6-9-19-20(12-17)27-26(32)30(25(19)31)13-15-3-10-21-22(11-15)35-14-34-21/h3-12H,2,13-14H2,1H3,(H,27,32). The topological polar surface area (TPSA) is 121 Å². The largest absolute Gasteiger partial charge is 0.494 e. The van der Waals surface area contributed by atoms with Gasteiger partial charge in [0.15, 0.2) is 11.5 Å². The van der Waals surface area contributed by atoms with Gasteiger partial charge in [-0.2, -0.15) is 4.98 Å². The second-order valence-corrected chi connectivity index (χ2v) is 8.15. The van der Waals surface area contributed by atoms with Gasteiger partial charge in [0.2, 0.25) is 12.6 Å². The van der Waals surface area contributed by atoms with Crippen LogP contribution in [0.25, 0.3) is 33.7 Å². The minimum Gasteiger partial charge on any atom is -0.494 e. The van der Waals surface area contributed by atoms with Crippen molar-refractivity contribution in [3.8, 4) is 40.1 Å². The van der Waals surface area contributed by atoms with Gasteiger partial charge in [0.05, 0.1) is 24.1 Å². The predicted octanol–water partition coefficient (Wildman–Crippen LogP) is 3.58. The number of nitrogens with zero attached hydrogens (tertiary/aromatic N) is 3. The van der Waals surface area contributed by atoms with E-state index < -0.39 is 11.2 Å². The number of benzene rings is 3. The van der Waals surface area contributed by atoms with Crippen LogP contribution in [0.3, 0.4) is 0 Å². The highest BCUT2D eigenvalue weighted by Gasteiger charge is 2.16. The molecule has 0 saturated heterocycles. The Morgan fingerprint density at radius 1 is 0.972 bits per heavy atom. The smallest absolute Gasteiger partial charge is 0.329 e. The third-order valence-corrected chi connectivity index (χ3v) is 5.86. The zero-order valence-electron chi connectivity index (χ0n) is 19.2. The van der Waals surface area contributed by atoms with E-state index in [0.29, 0.717) is 40.4 Å². The number of aromatic nitrogens is 4. The molecule has 0 atom stereocenters. The van der Waals surface area contributed by atoms with Crippen molar-refractivity contribution >= 4 is 10.9 Å². The summed E-state index contributed by atoms with van der Waals surface area (Å²) in [5.74, 6) is 2.67. The summed E-state index contributed by atoms with van der Waals surface area (Å²) in [6.07, 6.45) is 0. The fourth-order valence-electron chi connectivity index (χ4n) is 4.08. The van der Waals surface area contributed by atoms with Crippen LogP contribution in [0.5, 0.6) is 17.2 Å². The molecule has 0 radical (unpaired) electrons. The number of aromatic amines is 1. The SMILES string of the molecule is CCOc1ccc(-c2noc(-c3ccc4c(=O)n(Cc5ccc6c(c5)OCO6)c(=O)[nH]c4c3)n2)cc1. The van der Waals surface area contributed by atoms with Gasteiger partial charge in [-0.05, 0) is 67.1 Å². The van der Waals surface area contributed by atoms with Crippen LogP contribution in [0.15, 0.2) is 74.8 Å². The van der Waals surface area contributed by atoms with E-state index in [1.165, 1.54) is 0 Å². The number of ether oxygens (including phenoxy) is 3. The zero-order chi connectivity index (χ0) is 24.6. The average Bonchev–Trinajstić information content (AvgIpc) is 3.57. The average molecular weight is 484 g/mol. The van der Waals surface area contributed by atoms with E-state index in [0.717, 1.165) is 21.4 Å². The van der Waals surface area contributed by atoms with E-state index in [2.05, 4.69) is 15.1 Å². The molecule has 1 N–H and O–H groups in total. The van der Waals surface area contributed by atoms with Gasteiger partial charge in [-0.25, -0.2) is 4.79 Å². The second kappa shape index (κ2) is 8.73. The fourth-order valence-corrected chi connectivity index (χ4v) is 4.08. The Morgan fingerprint density at radius 3 is 2.61 bits per heavy atom. The molecule has 0 amide bonds. The van der Waals surface area contributed by atoms with Crippen LogP contribution in [-0.2, 0) is 6.54 Å². The lowest BCUT2D eigenvalue weighted by Gasteiger charge is -2.08. The number of rotatable bonds is 6. The molecule has 0 saturated carbocycles. The highest BCUT2D eigenvalue weighted by molar-refractivity contribution is 5.82. The van der Waals surface area contributed by atoms with Crippen LogP contribution in [0.2, 0.25) is 0 Å². The van der Waals surface area contributed by atoms with Crippen molar-refractivity contribution in [1.82, 2.24) is 19.7 Å². The molecule has 2 aromatic heterocycles. The summed E-state index contributed by atoms with van der Waals surface area (Å²) in [7, 11) is 0. The summed E-state index contributed by atoms with van der Waals surface area (Å²) < 4.78 is 22.8. The van der Waals surface area contributed by atoms with Crippen LogP contribution in [0.1, 0.15) is 12.5 Å². The molecule has 1 aliphatic heterocycles. The molecule has 0 unspecified atom stereocenters. The van der Waals surface area contributed by atoms with Crippen molar-refractivity contribution in [2.24, 2.45) is 0 Å². The van der Waals surface area contributed by atoms with E-state index >= 15 is 0 Å². The predicted molar refractivity (Wildman–Crippen MR) is 130 cm³/mol. The molecule has 36 heavy (non-hydrogen) atoms. The molecule has 3 aromatic carbocycles. The molecular weight excluding hydrogens is 464 g/mol. The molecule has 5 aromatic rings. The van der Waals surface area contributed by atoms with Gasteiger partial charge in [-0.3, -0.25) is 9.36 Å². The monoisotopic (exact) mass is 484 g/mol. The second-order valence-electron chi connectivity index (χ2n) is 8.15. The molecule has 6 rings (SSSR count). The Morgan fingerprint density at radius 2 is 1.78 bits per heavy atom. The summed E-state index contributed by atoms with van der Waals surface area (Å²) in [6, 6.07) is 17.7. The lowest BCUT2D eigenvalue weighted by molar-refractivity contribution is 0.174. The van der Waals surface area contributed by atoms with Gasteiger partial charge in [-0.15, -0.1) is 0 Å². The van der Waals surface area contributed by atoms with Crippen LogP contribution in [-0.4, -0.2) is 33.1 Å². The molecule has 180 valence electrons. The summed E-state index contributed by atoms with van der Waals surface area (Å²) in [4.78, 5) is 33.2. The molecular formula is C26H20N4O6. The van der Waals surface area contributed by atoms with E-state index in [1.54, 1.807) is 36.4 Å². The van der Waals surface area contributed by atoms with Crippen molar-refractivity contribution < 1.29 is 18.7 Å². The first-order valence-corrected chi connectivity index (χ1v) is 11.3. The summed E-state index contributed by atoms with van der Waals surface area (Å²) in [6.45, 7) is 2.75. The summed E-state index contributed by atoms with van der Waals surface area (Å²) in [5.41, 5.74) is 1.55. The molecule has 1 aliphatic rings. The Labute approximate surface area is 203 Å². The number of nitrogens with one attached hydrogen (secondary N) is 1. The van der Waals surface area contributed by atoms with Crippen LogP contribution in [0.4, 0.5) is 0 Å². The molecule has 10 nitrogen and oxygen atoms in total. The van der Waals surface area contributed by atoms with Crippen LogP contribution in [0, 0.1) is 0 Å². The highest BCUT2D eigenvalue weighted by Crippen LogP contribution is 2.32. The summed E-state index contributed by atoms with van der Waals surface area (Å²) in [5, 5.41) is 4.42. The van der Waals surface area contributed by atoms with E-state index in [1.807, 2.05) is 31.2 Å². The van der Waals surface area contributed by atoms with Crippen molar-refractivity contribution in [2.45, 2.75) is 13.5 Å². The van der Waals surface area contributed by atoms with Gasteiger partial charge in [0.1, 0.15) is 5.75 Å². The first kappa shape index (κ1) is 21.7. The maximum atomic E-state index is 13.1. The minimum absolute atomic E-state index is 0.0948. The molecule has 0 aliphatic carbocycles. The lowest BCUT2D eigenvalue weighted by Crippen LogP contribution is -2.35. The van der Waals surface area contributed by atoms with E-state index in [9.17, 15) is 9.59 Å². The summed E-state index contributed by atoms with van der Waals surface area (Å²) >= 11 is 0. The Hall–Kier alpha value is -4.86. The van der Waals surface area contributed by atoms with Crippen molar-refractivity contribution in [3.05, 3.63) is 87.1 Å². The lowest BCUT2D eigenvalue weighted by atomic mass is 10.1. The first-order valence-electron chi connectivity index (χ1n) is 11.3. The van der Waals surface area contributed by atoms with E-state index in [-0.39, 0.29) is 19.2 Å². The number of hydrogen-bond acceptors (Lipinski definition) is 8. The quantitative estimate of drug-likeness (QED) is 0.388. The van der Waals surface area contributed by atoms with Gasteiger partial charge >= 0.3 is 5.69 Å². The van der Waals surface area contributed by atoms with Crippen molar-refractivity contribution in [2.75, 3.05) is 13.4 Å². The first-order chi connectivity index (χ1) is 17.6. The van der Waals surface area contributed by atoms with Gasteiger partial charge in [0, 0.05) is 11.1 Å². The Kier molecular flexibility index (Phi) is 5.25. The number of H-pyrrole nitrogens is 1. The Balaban J connectivity index is 1.30. The van der Waals surface area contributed by atoms with Crippen molar-refractivity contribution in [3.63, 3.8) is 0 Å². The Bertz CT molecular complexity index is 1700. The third-order valence-electron chi connectivity index (χ3n) is 5.86. The number of hydrogen-bond donors (Lipinski definition) is 1. The fraction of sp³-hybridized carbons (Fsp3) is 0.154. The molecule has 3 heterocycles. The van der Waals surface area contributed by atoms with E-state index in [4.69, 9.17) is 18.7 Å². The minimum atomic E-state index is -0.525. The van der Waals surface area contributed by atoms with Gasteiger partial charge in [0.25, 0.3) is 11.4 Å². The third kappa shape index (κ3) is 3.88. The van der Waals surface area contributed by atoms with Gasteiger partial charge in [-0.1, -0.05) is 11.2 Å². The highest BCUT2D eigenvalue weighted by atomic mass is 16.7. The van der Waals surface area contributed by atoms with Crippen molar-refractivity contribution in [1.29, 1.82) is 0 Å². The maximum Gasteiger partial charge on any atom is 0.329 e. The molecule has 0 bridgehead atoms. The maximum absolute atomic E-state index is 13.1.